The molecule has 1 amide bonds. The number of nitrogens with zero attached hydrogens (tertiary/aromatic N) is 2. The van der Waals surface area contributed by atoms with Crippen LogP contribution in [0.3, 0.4) is 0 Å². The van der Waals surface area contributed by atoms with Crippen molar-refractivity contribution in [3.63, 3.8) is 0 Å². The highest BCUT2D eigenvalue weighted by molar-refractivity contribution is 5.80. The molecule has 1 heterocycles. The Labute approximate surface area is 176 Å². The summed E-state index contributed by atoms with van der Waals surface area (Å²) in [5.41, 5.74) is 2.39. The molecule has 0 bridgehead atoms. The monoisotopic (exact) mass is 402 g/mol. The number of hydrogen-bond acceptors (Lipinski definition) is 3. The molecule has 0 aromatic heterocycles. The van der Waals surface area contributed by atoms with Crippen LogP contribution in [-0.2, 0) is 11.2 Å². The number of carbonyl (C=O) groups is 1. The van der Waals surface area contributed by atoms with Gasteiger partial charge < -0.3 is 20.3 Å². The van der Waals surface area contributed by atoms with E-state index >= 15 is 0 Å². The topological polar surface area (TPSA) is 66.0 Å². The van der Waals surface area contributed by atoms with Gasteiger partial charge in [0.2, 0.25) is 5.91 Å². The fourth-order valence-corrected chi connectivity index (χ4v) is 3.87. The Hall–Kier alpha value is -2.24. The summed E-state index contributed by atoms with van der Waals surface area (Å²) in [5, 5.41) is 6.92. The molecule has 1 fully saturated rings. The van der Waals surface area contributed by atoms with E-state index < -0.39 is 0 Å². The van der Waals surface area contributed by atoms with Gasteiger partial charge in [0.15, 0.2) is 5.96 Å². The number of ether oxygens (including phenoxy) is 1. The number of hydrogen-bond donors (Lipinski definition) is 2. The molecule has 0 unspecified atom stereocenters. The number of methoxy groups -OCH3 is 1. The summed E-state index contributed by atoms with van der Waals surface area (Å²) in [4.78, 5) is 18.9. The first-order valence-electron chi connectivity index (χ1n) is 10.9. The summed E-state index contributed by atoms with van der Waals surface area (Å²) in [6.45, 7) is 8.71. The van der Waals surface area contributed by atoms with E-state index in [1.165, 1.54) is 5.56 Å². The van der Waals surface area contributed by atoms with E-state index in [9.17, 15) is 4.79 Å². The number of likely N-dealkylation sites (tertiary alicyclic amines) is 1. The van der Waals surface area contributed by atoms with Crippen LogP contribution >= 0.6 is 0 Å². The molecule has 0 spiro atoms. The molecule has 1 aliphatic heterocycles. The zero-order valence-electron chi connectivity index (χ0n) is 18.8. The van der Waals surface area contributed by atoms with Crippen LogP contribution in [-0.4, -0.2) is 56.6 Å². The second kappa shape index (κ2) is 11.7. The van der Waals surface area contributed by atoms with Crippen molar-refractivity contribution in [2.24, 2.45) is 10.9 Å². The quantitative estimate of drug-likeness (QED) is 0.518. The number of carbonyl (C=O) groups excluding carboxylic acids is 1. The molecule has 2 N–H and O–H groups in total. The summed E-state index contributed by atoms with van der Waals surface area (Å²) >= 11 is 0. The van der Waals surface area contributed by atoms with Crippen LogP contribution < -0.4 is 15.4 Å². The number of aliphatic imine (C=N–C) groups is 1. The number of benzene rings is 1. The Morgan fingerprint density at radius 1 is 1.28 bits per heavy atom. The fraction of sp³-hybridized carbons (Fsp3) is 0.652. The van der Waals surface area contributed by atoms with Gasteiger partial charge in [-0.2, -0.15) is 0 Å². The molecule has 6 heteroatoms. The van der Waals surface area contributed by atoms with Gasteiger partial charge >= 0.3 is 0 Å². The molecule has 162 valence electrons. The van der Waals surface area contributed by atoms with Gasteiger partial charge in [-0.3, -0.25) is 9.79 Å². The second-order valence-corrected chi connectivity index (χ2v) is 7.81. The number of nitrogens with one attached hydrogen (secondary N) is 2. The van der Waals surface area contributed by atoms with Crippen LogP contribution in [0.25, 0.3) is 0 Å². The lowest BCUT2D eigenvalue weighted by Gasteiger charge is -2.34. The number of rotatable bonds is 8. The fourth-order valence-electron chi connectivity index (χ4n) is 3.87. The van der Waals surface area contributed by atoms with E-state index in [1.807, 2.05) is 4.90 Å². The number of aryl methyl sites for hydroxylation is 1. The molecule has 1 saturated heterocycles. The van der Waals surface area contributed by atoms with Crippen molar-refractivity contribution in [3.8, 4) is 5.75 Å². The molecule has 0 atom stereocenters. The number of piperidine rings is 1. The highest BCUT2D eigenvalue weighted by Crippen LogP contribution is 2.19. The van der Waals surface area contributed by atoms with Gasteiger partial charge in [-0.25, -0.2) is 0 Å². The predicted octanol–water partition coefficient (Wildman–Crippen LogP) is 3.14. The van der Waals surface area contributed by atoms with Crippen LogP contribution in [0.5, 0.6) is 5.75 Å². The first-order valence-corrected chi connectivity index (χ1v) is 10.9. The van der Waals surface area contributed by atoms with E-state index in [0.29, 0.717) is 11.9 Å². The van der Waals surface area contributed by atoms with Gasteiger partial charge in [0.05, 0.1) is 7.11 Å². The third kappa shape index (κ3) is 6.65. The maximum absolute atomic E-state index is 12.5. The van der Waals surface area contributed by atoms with Crippen LogP contribution in [0.1, 0.15) is 50.7 Å². The maximum atomic E-state index is 12.5. The molecule has 0 saturated carbocycles. The average molecular weight is 403 g/mol. The molecule has 1 aliphatic rings. The van der Waals surface area contributed by atoms with Crippen molar-refractivity contribution in [2.75, 3.05) is 33.8 Å². The molecule has 0 radical (unpaired) electrons. The first kappa shape index (κ1) is 23.0. The van der Waals surface area contributed by atoms with Crippen LogP contribution in [0.4, 0.5) is 0 Å². The highest BCUT2D eigenvalue weighted by atomic mass is 16.5. The van der Waals surface area contributed by atoms with E-state index in [1.54, 1.807) is 14.2 Å². The minimum absolute atomic E-state index is 0.175. The lowest BCUT2D eigenvalue weighted by molar-refractivity contribution is -0.136. The first-order chi connectivity index (χ1) is 14.0. The molecular formula is C23H38N4O2. The van der Waals surface area contributed by atoms with Crippen molar-refractivity contribution in [3.05, 3.63) is 29.3 Å². The minimum atomic E-state index is 0.175. The smallest absolute Gasteiger partial charge is 0.225 e. The Morgan fingerprint density at radius 3 is 2.55 bits per heavy atom. The zero-order valence-corrected chi connectivity index (χ0v) is 18.8. The molecule has 0 aliphatic carbocycles. The van der Waals surface area contributed by atoms with Crippen molar-refractivity contribution in [1.82, 2.24) is 15.5 Å². The molecule has 29 heavy (non-hydrogen) atoms. The van der Waals surface area contributed by atoms with Gasteiger partial charge in [0.25, 0.3) is 0 Å². The summed E-state index contributed by atoms with van der Waals surface area (Å²) in [7, 11) is 3.51. The normalized spacial score (nSPS) is 15.5. The molecular weight excluding hydrogens is 364 g/mol. The number of amides is 1. The Kier molecular flexibility index (Phi) is 9.29. The summed E-state index contributed by atoms with van der Waals surface area (Å²) in [5.74, 6) is 2.26. The zero-order chi connectivity index (χ0) is 21.2. The highest BCUT2D eigenvalue weighted by Gasteiger charge is 2.26. The van der Waals surface area contributed by atoms with Crippen molar-refractivity contribution >= 4 is 11.9 Å². The Bertz CT molecular complexity index is 677. The van der Waals surface area contributed by atoms with Gasteiger partial charge in [-0.15, -0.1) is 0 Å². The standard InChI is InChI=1S/C23H38N4O2/c1-6-19(7-2)22(28)27-14-11-20(12-15-27)26-23(24-4)25-13-10-18-9-8-17(3)21(16-18)29-5/h8-9,16,19-20H,6-7,10-15H2,1-5H3,(H2,24,25,26). The summed E-state index contributed by atoms with van der Waals surface area (Å²) in [6, 6.07) is 6.69. The van der Waals surface area contributed by atoms with Gasteiger partial charge in [-0.05, 0) is 56.2 Å². The van der Waals surface area contributed by atoms with E-state index in [0.717, 1.165) is 69.0 Å². The number of guanidine groups is 1. The SMILES string of the molecule is CCC(CC)C(=O)N1CCC(NC(=NC)NCCc2ccc(C)c(OC)c2)CC1. The molecule has 1 aromatic rings. The maximum Gasteiger partial charge on any atom is 0.225 e. The third-order valence-electron chi connectivity index (χ3n) is 5.88. The van der Waals surface area contributed by atoms with Crippen molar-refractivity contribution < 1.29 is 9.53 Å². The summed E-state index contributed by atoms with van der Waals surface area (Å²) < 4.78 is 5.40. The lowest BCUT2D eigenvalue weighted by Crippen LogP contribution is -2.50. The van der Waals surface area contributed by atoms with Gasteiger partial charge in [0.1, 0.15) is 5.75 Å². The molecule has 6 nitrogen and oxygen atoms in total. The van der Waals surface area contributed by atoms with Crippen molar-refractivity contribution in [2.45, 2.75) is 58.9 Å². The lowest BCUT2D eigenvalue weighted by atomic mass is 9.98. The predicted molar refractivity (Wildman–Crippen MR) is 120 cm³/mol. The minimum Gasteiger partial charge on any atom is -0.496 e. The molecule has 2 rings (SSSR count). The van der Waals surface area contributed by atoms with Gasteiger partial charge in [-0.1, -0.05) is 26.0 Å². The largest absolute Gasteiger partial charge is 0.496 e. The third-order valence-corrected chi connectivity index (χ3v) is 5.88. The van der Waals surface area contributed by atoms with Crippen LogP contribution in [0.2, 0.25) is 0 Å². The Balaban J connectivity index is 1.76. The second-order valence-electron chi connectivity index (χ2n) is 7.81. The average Bonchev–Trinajstić information content (AvgIpc) is 2.75. The summed E-state index contributed by atoms with van der Waals surface area (Å²) in [6.07, 6.45) is 4.68. The van der Waals surface area contributed by atoms with E-state index in [4.69, 9.17) is 4.74 Å². The Morgan fingerprint density at radius 2 is 1.97 bits per heavy atom. The van der Waals surface area contributed by atoms with E-state index in [2.05, 4.69) is 54.6 Å². The van der Waals surface area contributed by atoms with Crippen LogP contribution in [0, 0.1) is 12.8 Å². The van der Waals surface area contributed by atoms with Crippen LogP contribution in [0.15, 0.2) is 23.2 Å². The van der Waals surface area contributed by atoms with Crippen molar-refractivity contribution in [1.29, 1.82) is 0 Å². The van der Waals surface area contributed by atoms with E-state index in [-0.39, 0.29) is 5.92 Å². The molecule has 1 aromatic carbocycles. The van der Waals surface area contributed by atoms with Gasteiger partial charge in [0, 0.05) is 38.6 Å².